The lowest BCUT2D eigenvalue weighted by molar-refractivity contribution is 0.0946. The molecule has 0 aliphatic heterocycles. The lowest BCUT2D eigenvalue weighted by Crippen LogP contribution is -2.42. The van der Waals surface area contributed by atoms with Crippen molar-refractivity contribution in [2.75, 3.05) is 6.54 Å². The van der Waals surface area contributed by atoms with Crippen molar-refractivity contribution in [2.24, 2.45) is 5.92 Å². The third kappa shape index (κ3) is 6.04. The molecule has 2 aromatic carbocycles. The number of para-hydroxylation sites is 1. The monoisotopic (exact) mass is 516 g/mol. The minimum Gasteiger partial charge on any atom is -0.598 e. The molecule has 1 aliphatic rings. The smallest absolute Gasteiger partial charge is 0.269 e. The van der Waals surface area contributed by atoms with Crippen LogP contribution >= 0.6 is 0 Å². The molecule has 5 rings (SSSR count). The number of nitrogens with zero attached hydrogens (tertiary/aromatic N) is 2. The molecule has 1 fully saturated rings. The summed E-state index contributed by atoms with van der Waals surface area (Å²) in [5.41, 5.74) is 4.41. The maximum Gasteiger partial charge on any atom is 0.269 e. The van der Waals surface area contributed by atoms with E-state index in [0.717, 1.165) is 27.9 Å². The van der Waals surface area contributed by atoms with Crippen molar-refractivity contribution in [2.45, 2.75) is 50.8 Å². The molecule has 2 heterocycles. The molecular formula is C29H32N4O3S. The predicted molar refractivity (Wildman–Crippen MR) is 146 cm³/mol. The number of pyridine rings is 1. The van der Waals surface area contributed by atoms with Gasteiger partial charge in [0, 0.05) is 41.0 Å². The van der Waals surface area contributed by atoms with Crippen molar-refractivity contribution in [1.29, 1.82) is 0 Å². The third-order valence-corrected chi connectivity index (χ3v) is 8.09. The molecule has 192 valence electrons. The van der Waals surface area contributed by atoms with Crippen LogP contribution in [0.5, 0.6) is 0 Å². The van der Waals surface area contributed by atoms with Crippen LogP contribution in [-0.2, 0) is 17.8 Å². The number of benzene rings is 2. The van der Waals surface area contributed by atoms with Crippen LogP contribution in [0.3, 0.4) is 0 Å². The third-order valence-electron chi connectivity index (χ3n) is 6.48. The Morgan fingerprint density at radius 2 is 1.84 bits per heavy atom. The van der Waals surface area contributed by atoms with E-state index in [-0.39, 0.29) is 11.9 Å². The van der Waals surface area contributed by atoms with Crippen LogP contribution in [0, 0.1) is 5.92 Å². The van der Waals surface area contributed by atoms with E-state index in [4.69, 9.17) is 4.52 Å². The lowest BCUT2D eigenvalue weighted by atomic mass is 9.94. The summed E-state index contributed by atoms with van der Waals surface area (Å²) in [4.78, 5) is 17.3. The molecule has 0 bridgehead atoms. The first-order valence-electron chi connectivity index (χ1n) is 12.7. The fourth-order valence-corrected chi connectivity index (χ4v) is 5.02. The fraction of sp³-hybridized carbons (Fsp3) is 0.345. The summed E-state index contributed by atoms with van der Waals surface area (Å²) in [6, 6.07) is 20.8. The van der Waals surface area contributed by atoms with Crippen LogP contribution in [0.1, 0.15) is 61.4 Å². The molecule has 0 saturated heterocycles. The van der Waals surface area contributed by atoms with Gasteiger partial charge in [-0.1, -0.05) is 47.6 Å². The molecule has 1 saturated carbocycles. The van der Waals surface area contributed by atoms with E-state index in [1.54, 1.807) is 6.07 Å². The maximum absolute atomic E-state index is 13.3. The number of carbonyl (C=O) groups excluding carboxylic acids is 1. The van der Waals surface area contributed by atoms with E-state index >= 15 is 0 Å². The zero-order valence-corrected chi connectivity index (χ0v) is 22.2. The van der Waals surface area contributed by atoms with Gasteiger partial charge >= 0.3 is 0 Å². The zero-order valence-electron chi connectivity index (χ0n) is 21.4. The lowest BCUT2D eigenvalue weighted by Gasteiger charge is -2.29. The molecule has 0 radical (unpaired) electrons. The van der Waals surface area contributed by atoms with Gasteiger partial charge in [-0.3, -0.25) is 4.79 Å². The highest BCUT2D eigenvalue weighted by molar-refractivity contribution is 7.90. The van der Waals surface area contributed by atoms with E-state index in [0.29, 0.717) is 30.2 Å². The number of hydrogen-bond acceptors (Lipinski definition) is 6. The average molecular weight is 517 g/mol. The molecule has 4 aromatic rings. The molecular weight excluding hydrogens is 484 g/mol. The Morgan fingerprint density at radius 1 is 1.08 bits per heavy atom. The van der Waals surface area contributed by atoms with Gasteiger partial charge in [-0.05, 0) is 69.4 Å². The number of rotatable bonds is 9. The average Bonchev–Trinajstić information content (AvgIpc) is 3.63. The molecule has 2 N–H and O–H groups in total. The molecule has 0 unspecified atom stereocenters. The fourth-order valence-electron chi connectivity index (χ4n) is 4.20. The summed E-state index contributed by atoms with van der Waals surface area (Å²) in [7, 11) is 0. The molecule has 1 aliphatic carbocycles. The van der Waals surface area contributed by atoms with Crippen molar-refractivity contribution in [3.63, 3.8) is 0 Å². The Kier molecular flexibility index (Phi) is 7.33. The van der Waals surface area contributed by atoms with Gasteiger partial charge in [-0.2, -0.15) is 0 Å². The highest BCUT2D eigenvalue weighted by Crippen LogP contribution is 2.35. The van der Waals surface area contributed by atoms with E-state index in [9.17, 15) is 9.35 Å². The van der Waals surface area contributed by atoms with Crippen molar-refractivity contribution in [1.82, 2.24) is 20.2 Å². The number of fused-ring (bicyclic) bond motifs is 1. The van der Waals surface area contributed by atoms with Gasteiger partial charge in [0.2, 0.25) is 0 Å². The van der Waals surface area contributed by atoms with Crippen LogP contribution in [0.2, 0.25) is 0 Å². The first-order valence-corrected chi connectivity index (χ1v) is 13.8. The number of amides is 1. The van der Waals surface area contributed by atoms with Crippen LogP contribution in [0.25, 0.3) is 22.2 Å². The topological polar surface area (TPSA) is 103 Å². The van der Waals surface area contributed by atoms with Crippen LogP contribution in [0.15, 0.2) is 71.3 Å². The minimum atomic E-state index is -1.34. The predicted octanol–water partition coefficient (Wildman–Crippen LogP) is 5.37. The summed E-state index contributed by atoms with van der Waals surface area (Å²) >= 11 is -1.34. The first kappa shape index (κ1) is 25.4. The van der Waals surface area contributed by atoms with Crippen LogP contribution in [-0.4, -0.2) is 31.9 Å². The van der Waals surface area contributed by atoms with Crippen molar-refractivity contribution >= 4 is 28.2 Å². The van der Waals surface area contributed by atoms with Crippen molar-refractivity contribution < 1.29 is 13.9 Å². The van der Waals surface area contributed by atoms with Crippen molar-refractivity contribution in [3.8, 4) is 11.3 Å². The van der Waals surface area contributed by atoms with Gasteiger partial charge in [-0.15, -0.1) is 4.72 Å². The van der Waals surface area contributed by atoms with Crippen LogP contribution < -0.4 is 10.0 Å². The Morgan fingerprint density at radius 3 is 2.62 bits per heavy atom. The maximum atomic E-state index is 13.3. The van der Waals surface area contributed by atoms with Gasteiger partial charge in [0.15, 0.2) is 5.58 Å². The van der Waals surface area contributed by atoms with E-state index in [2.05, 4.69) is 20.2 Å². The molecule has 0 spiro atoms. The largest absolute Gasteiger partial charge is 0.598 e. The Bertz CT molecular complexity index is 1390. The minimum absolute atomic E-state index is 0.161. The quantitative estimate of drug-likeness (QED) is 0.290. The number of aromatic nitrogens is 2. The zero-order chi connectivity index (χ0) is 26.0. The standard InChI is InChI=1S/C29H32N4O3S/c1-29(2,3)37(35)33-25(17-20-9-8-13-24(31-20)28(34)30-18-19-15-16-19)21-10-4-5-11-22(21)27-23-12-6-7-14-26(23)36-32-27/h4-14,19,25,33H,15-18H2,1-3H3,(H,30,34)/t25-,37-/m0/s1. The summed E-state index contributed by atoms with van der Waals surface area (Å²) in [6.45, 7) is 6.51. The molecule has 2 atom stereocenters. The second kappa shape index (κ2) is 10.7. The number of nitrogens with one attached hydrogen (secondary N) is 2. The van der Waals surface area contributed by atoms with E-state index in [1.807, 2.05) is 81.4 Å². The Labute approximate surface area is 220 Å². The van der Waals surface area contributed by atoms with E-state index in [1.165, 1.54) is 12.8 Å². The van der Waals surface area contributed by atoms with Gasteiger partial charge in [0.1, 0.15) is 16.1 Å². The van der Waals surface area contributed by atoms with Gasteiger partial charge in [-0.25, -0.2) is 4.98 Å². The molecule has 37 heavy (non-hydrogen) atoms. The van der Waals surface area contributed by atoms with Crippen molar-refractivity contribution in [3.05, 3.63) is 83.7 Å². The molecule has 1 amide bonds. The number of hydrogen-bond donors (Lipinski definition) is 2. The number of carbonyl (C=O) groups is 1. The Hall–Kier alpha value is -3.20. The normalized spacial score (nSPS) is 15.5. The molecule has 2 aromatic heterocycles. The summed E-state index contributed by atoms with van der Waals surface area (Å²) in [6.07, 6.45) is 2.79. The highest BCUT2D eigenvalue weighted by atomic mass is 32.2. The second-order valence-electron chi connectivity index (χ2n) is 10.5. The molecule has 8 heteroatoms. The SMILES string of the molecule is CC(C)(C)[S@+]([O-])N[C@@H](Cc1cccc(C(=O)NCC2CC2)n1)c1ccccc1-c1noc2ccccc12. The van der Waals surface area contributed by atoms with E-state index < -0.39 is 16.1 Å². The Balaban J connectivity index is 1.49. The summed E-state index contributed by atoms with van der Waals surface area (Å²) < 4.78 is 21.7. The first-order chi connectivity index (χ1) is 17.8. The van der Waals surface area contributed by atoms with Crippen LogP contribution in [0.4, 0.5) is 0 Å². The highest BCUT2D eigenvalue weighted by Gasteiger charge is 2.32. The van der Waals surface area contributed by atoms with Gasteiger partial charge in [0.25, 0.3) is 5.91 Å². The second-order valence-corrected chi connectivity index (χ2v) is 12.5. The molecule has 7 nitrogen and oxygen atoms in total. The summed E-state index contributed by atoms with van der Waals surface area (Å²) in [5, 5.41) is 8.27. The van der Waals surface area contributed by atoms with Gasteiger partial charge < -0.3 is 14.4 Å². The van der Waals surface area contributed by atoms with Gasteiger partial charge in [0.05, 0.1) is 6.04 Å². The summed E-state index contributed by atoms with van der Waals surface area (Å²) in [5.74, 6) is 0.434.